The van der Waals surface area contributed by atoms with E-state index in [9.17, 15) is 0 Å². The minimum atomic E-state index is -0.312. The molecule has 0 amide bonds. The van der Waals surface area contributed by atoms with E-state index in [4.69, 9.17) is 5.73 Å². The van der Waals surface area contributed by atoms with E-state index in [0.717, 1.165) is 5.56 Å². The number of rotatable bonds is 3. The third kappa shape index (κ3) is 1.65. The molecule has 0 saturated heterocycles. The molecule has 0 bridgehead atoms. The van der Waals surface area contributed by atoms with Gasteiger partial charge in [0.1, 0.15) is 0 Å². The van der Waals surface area contributed by atoms with Gasteiger partial charge < -0.3 is 11.1 Å². The Morgan fingerprint density at radius 2 is 2.12 bits per heavy atom. The maximum atomic E-state index is 6.09. The number of hydrogen-bond donors (Lipinski definition) is 2. The van der Waals surface area contributed by atoms with Gasteiger partial charge in [-0.2, -0.15) is 5.10 Å². The van der Waals surface area contributed by atoms with Crippen LogP contribution in [0.1, 0.15) is 17.4 Å². The fourth-order valence-corrected chi connectivity index (χ4v) is 1.58. The summed E-state index contributed by atoms with van der Waals surface area (Å²) in [6.45, 7) is 0. The highest BCUT2D eigenvalue weighted by Gasteiger charge is 2.18. The van der Waals surface area contributed by atoms with Crippen molar-refractivity contribution in [3.63, 3.8) is 0 Å². The molecular weight excluding hydrogens is 206 g/mol. The summed E-state index contributed by atoms with van der Waals surface area (Å²) in [6, 6.07) is -0.312. The van der Waals surface area contributed by atoms with Crippen molar-refractivity contribution in [3.8, 4) is 0 Å². The van der Waals surface area contributed by atoms with Crippen molar-refractivity contribution in [3.05, 3.63) is 23.8 Å². The van der Waals surface area contributed by atoms with Crippen molar-refractivity contribution >= 4 is 5.95 Å². The van der Waals surface area contributed by atoms with Crippen molar-refractivity contribution in [2.75, 3.05) is 12.4 Å². The Labute approximate surface area is 93.3 Å². The van der Waals surface area contributed by atoms with Crippen molar-refractivity contribution in [1.82, 2.24) is 24.5 Å². The minimum absolute atomic E-state index is 0.312. The summed E-state index contributed by atoms with van der Waals surface area (Å²) < 4.78 is 3.54. The predicted octanol–water partition coefficient (Wildman–Crippen LogP) is -0.362. The molecule has 7 nitrogen and oxygen atoms in total. The van der Waals surface area contributed by atoms with Crippen LogP contribution in [0.15, 0.2) is 12.4 Å². The van der Waals surface area contributed by atoms with Crippen LogP contribution in [0.25, 0.3) is 0 Å². The first-order valence-corrected chi connectivity index (χ1v) is 4.94. The third-order valence-electron chi connectivity index (χ3n) is 2.49. The Balaban J connectivity index is 2.33. The van der Waals surface area contributed by atoms with Gasteiger partial charge in [0, 0.05) is 32.9 Å². The highest BCUT2D eigenvalue weighted by molar-refractivity contribution is 5.28. The van der Waals surface area contributed by atoms with Crippen LogP contribution >= 0.6 is 0 Å². The van der Waals surface area contributed by atoms with Crippen LogP contribution in [-0.2, 0) is 14.1 Å². The lowest BCUT2D eigenvalue weighted by Gasteiger charge is -2.08. The molecule has 7 heteroatoms. The van der Waals surface area contributed by atoms with Crippen molar-refractivity contribution < 1.29 is 0 Å². The molecule has 1 atom stereocenters. The summed E-state index contributed by atoms with van der Waals surface area (Å²) in [5.74, 6) is 1.40. The van der Waals surface area contributed by atoms with Gasteiger partial charge in [-0.05, 0) is 0 Å². The fraction of sp³-hybridized carbons (Fsp3) is 0.444. The van der Waals surface area contributed by atoms with Gasteiger partial charge in [0.15, 0.2) is 5.82 Å². The molecule has 3 N–H and O–H groups in total. The van der Waals surface area contributed by atoms with Crippen LogP contribution in [0.3, 0.4) is 0 Å². The average Bonchev–Trinajstić information content (AvgIpc) is 2.84. The number of anilines is 1. The van der Waals surface area contributed by atoms with Crippen LogP contribution in [0.4, 0.5) is 5.95 Å². The summed E-state index contributed by atoms with van der Waals surface area (Å²) in [5.41, 5.74) is 7.01. The quantitative estimate of drug-likeness (QED) is 0.739. The molecule has 2 rings (SSSR count). The smallest absolute Gasteiger partial charge is 0.224 e. The zero-order chi connectivity index (χ0) is 11.7. The molecule has 0 spiro atoms. The van der Waals surface area contributed by atoms with Crippen molar-refractivity contribution in [1.29, 1.82) is 0 Å². The number of nitrogens with zero attached hydrogens (tertiary/aromatic N) is 5. The monoisotopic (exact) mass is 221 g/mol. The molecule has 0 aromatic carbocycles. The summed E-state index contributed by atoms with van der Waals surface area (Å²) >= 11 is 0. The second-order valence-electron chi connectivity index (χ2n) is 3.62. The van der Waals surface area contributed by atoms with E-state index in [0.29, 0.717) is 11.8 Å². The molecule has 0 aliphatic carbocycles. The third-order valence-corrected chi connectivity index (χ3v) is 2.49. The van der Waals surface area contributed by atoms with Crippen LogP contribution in [0.5, 0.6) is 0 Å². The largest absolute Gasteiger partial charge is 0.357 e. The first-order valence-electron chi connectivity index (χ1n) is 4.94. The van der Waals surface area contributed by atoms with Gasteiger partial charge >= 0.3 is 0 Å². The van der Waals surface area contributed by atoms with E-state index < -0.39 is 0 Å². The number of nitrogens with one attached hydrogen (secondary N) is 1. The molecule has 86 valence electrons. The number of aryl methyl sites for hydroxylation is 1. The summed E-state index contributed by atoms with van der Waals surface area (Å²) in [5, 5.41) is 15.1. The maximum Gasteiger partial charge on any atom is 0.224 e. The van der Waals surface area contributed by atoms with Gasteiger partial charge in [0.25, 0.3) is 0 Å². The number of hydrogen-bond acceptors (Lipinski definition) is 5. The van der Waals surface area contributed by atoms with Gasteiger partial charge in [-0.15, -0.1) is 10.2 Å². The van der Waals surface area contributed by atoms with Crippen molar-refractivity contribution in [2.24, 2.45) is 19.8 Å². The zero-order valence-electron chi connectivity index (χ0n) is 9.55. The molecule has 2 aromatic rings. The Morgan fingerprint density at radius 1 is 1.38 bits per heavy atom. The molecule has 16 heavy (non-hydrogen) atoms. The first-order chi connectivity index (χ1) is 7.63. The Kier molecular flexibility index (Phi) is 2.61. The van der Waals surface area contributed by atoms with Gasteiger partial charge in [0.2, 0.25) is 5.95 Å². The van der Waals surface area contributed by atoms with Crippen LogP contribution in [0.2, 0.25) is 0 Å². The molecule has 0 aliphatic heterocycles. The van der Waals surface area contributed by atoms with Crippen LogP contribution in [-0.4, -0.2) is 31.6 Å². The van der Waals surface area contributed by atoms with Gasteiger partial charge in [-0.25, -0.2) is 0 Å². The molecule has 0 aliphatic rings. The summed E-state index contributed by atoms with van der Waals surface area (Å²) in [7, 11) is 5.52. The Hall–Kier alpha value is -1.89. The second-order valence-corrected chi connectivity index (χ2v) is 3.62. The standard InChI is InChI=1S/C9H15N7/c1-11-9-14-13-8(16(9)3)7(10)6-4-12-15(2)5-6/h4-5,7H,10H2,1-3H3,(H,11,14). The normalized spacial score (nSPS) is 12.8. The Morgan fingerprint density at radius 3 is 2.62 bits per heavy atom. The average molecular weight is 221 g/mol. The lowest BCUT2D eigenvalue weighted by Crippen LogP contribution is -2.16. The maximum absolute atomic E-state index is 6.09. The van der Waals surface area contributed by atoms with Crippen molar-refractivity contribution in [2.45, 2.75) is 6.04 Å². The molecule has 2 heterocycles. The topological polar surface area (TPSA) is 86.6 Å². The van der Waals surface area contributed by atoms with Crippen LogP contribution < -0.4 is 11.1 Å². The van der Waals surface area contributed by atoms with E-state index in [1.807, 2.05) is 24.9 Å². The minimum Gasteiger partial charge on any atom is -0.357 e. The first kappa shape index (κ1) is 10.6. The Bertz CT molecular complexity index is 484. The van der Waals surface area contributed by atoms with E-state index in [1.165, 1.54) is 0 Å². The van der Waals surface area contributed by atoms with Crippen LogP contribution in [0, 0.1) is 0 Å². The second kappa shape index (κ2) is 3.93. The zero-order valence-corrected chi connectivity index (χ0v) is 9.55. The predicted molar refractivity (Wildman–Crippen MR) is 59.8 cm³/mol. The fourth-order valence-electron chi connectivity index (χ4n) is 1.58. The summed E-state index contributed by atoms with van der Waals surface area (Å²) in [6.07, 6.45) is 3.61. The SMILES string of the molecule is CNc1nnc(C(N)c2cnn(C)c2)n1C. The molecule has 2 aromatic heterocycles. The lowest BCUT2D eigenvalue weighted by atomic mass is 10.1. The molecule has 0 saturated carbocycles. The highest BCUT2D eigenvalue weighted by Crippen LogP contribution is 2.18. The highest BCUT2D eigenvalue weighted by atomic mass is 15.3. The lowest BCUT2D eigenvalue weighted by molar-refractivity contribution is 0.714. The molecule has 1 unspecified atom stereocenters. The van der Waals surface area contributed by atoms with Gasteiger partial charge in [0.05, 0.1) is 12.2 Å². The van der Waals surface area contributed by atoms with E-state index in [1.54, 1.807) is 17.9 Å². The summed E-state index contributed by atoms with van der Waals surface area (Å²) in [4.78, 5) is 0. The molecule has 0 radical (unpaired) electrons. The molecular formula is C9H15N7. The van der Waals surface area contributed by atoms with E-state index in [2.05, 4.69) is 20.6 Å². The van der Waals surface area contributed by atoms with E-state index >= 15 is 0 Å². The number of nitrogens with two attached hydrogens (primary N) is 1. The van der Waals surface area contributed by atoms with Gasteiger partial charge in [-0.3, -0.25) is 9.25 Å². The van der Waals surface area contributed by atoms with E-state index in [-0.39, 0.29) is 6.04 Å². The van der Waals surface area contributed by atoms with Gasteiger partial charge in [-0.1, -0.05) is 0 Å². The molecule has 0 fully saturated rings. The number of aromatic nitrogens is 5.